The molecule has 1 aliphatic rings. The molecule has 19 heavy (non-hydrogen) atoms. The second kappa shape index (κ2) is 7.10. The molecule has 2 amide bonds. The van der Waals surface area contributed by atoms with Crippen LogP contribution in [0.2, 0.25) is 0 Å². The Labute approximate surface area is 112 Å². The molecule has 106 valence electrons. The summed E-state index contributed by atoms with van der Waals surface area (Å²) in [6.07, 6.45) is 5.61. The maximum atomic E-state index is 11.7. The summed E-state index contributed by atoms with van der Waals surface area (Å²) in [5, 5.41) is 9.64. The van der Waals surface area contributed by atoms with Crippen LogP contribution < -0.4 is 10.6 Å². The number of hydrogen-bond acceptors (Lipinski definition) is 4. The minimum Gasteiger partial charge on any atom is -0.383 e. The van der Waals surface area contributed by atoms with E-state index < -0.39 is 0 Å². The largest absolute Gasteiger partial charge is 0.383 e. The quantitative estimate of drug-likeness (QED) is 0.801. The normalized spacial score (nSPS) is 18.5. The Bertz CT molecular complexity index is 401. The van der Waals surface area contributed by atoms with Crippen LogP contribution >= 0.6 is 0 Å². The van der Waals surface area contributed by atoms with Crippen molar-refractivity contribution >= 4 is 11.7 Å². The Hall–Kier alpha value is -1.60. The molecule has 2 heterocycles. The monoisotopic (exact) mass is 268 g/mol. The standard InChI is InChI=1S/C12H20N4O3/c1-18-6-4-16-9-10(7-14-16)15-12(17)13-8-11-3-2-5-19-11/h7,9,11H,2-6,8H2,1H3,(H2,13,15,17)/t11-/m1/s1. The van der Waals surface area contributed by atoms with Crippen molar-refractivity contribution in [2.24, 2.45) is 0 Å². The lowest BCUT2D eigenvalue weighted by molar-refractivity contribution is 0.112. The maximum Gasteiger partial charge on any atom is 0.319 e. The molecule has 0 bridgehead atoms. The molecule has 1 atom stereocenters. The Morgan fingerprint density at radius 3 is 3.32 bits per heavy atom. The van der Waals surface area contributed by atoms with Gasteiger partial charge in [0.1, 0.15) is 0 Å². The van der Waals surface area contributed by atoms with Crippen LogP contribution in [0.3, 0.4) is 0 Å². The molecule has 1 aromatic rings. The fourth-order valence-electron chi connectivity index (χ4n) is 1.92. The number of aromatic nitrogens is 2. The Balaban J connectivity index is 1.70. The molecule has 7 heteroatoms. The smallest absolute Gasteiger partial charge is 0.319 e. The molecule has 0 saturated carbocycles. The number of nitrogens with one attached hydrogen (secondary N) is 2. The van der Waals surface area contributed by atoms with Crippen molar-refractivity contribution in [2.45, 2.75) is 25.5 Å². The van der Waals surface area contributed by atoms with Crippen LogP contribution in [0, 0.1) is 0 Å². The number of carbonyl (C=O) groups is 1. The van der Waals surface area contributed by atoms with E-state index in [1.807, 2.05) is 0 Å². The number of ether oxygens (including phenoxy) is 2. The van der Waals surface area contributed by atoms with Crippen molar-refractivity contribution < 1.29 is 14.3 Å². The van der Waals surface area contributed by atoms with Crippen molar-refractivity contribution in [3.63, 3.8) is 0 Å². The van der Waals surface area contributed by atoms with Gasteiger partial charge in [0.15, 0.2) is 0 Å². The lowest BCUT2D eigenvalue weighted by atomic mass is 10.2. The van der Waals surface area contributed by atoms with Crippen molar-refractivity contribution in [3.8, 4) is 0 Å². The van der Waals surface area contributed by atoms with Crippen LogP contribution in [-0.4, -0.2) is 48.8 Å². The predicted octanol–water partition coefficient (Wildman–Crippen LogP) is 0.830. The minimum atomic E-state index is -0.234. The van der Waals surface area contributed by atoms with Gasteiger partial charge in [-0.25, -0.2) is 4.79 Å². The average molecular weight is 268 g/mol. The van der Waals surface area contributed by atoms with E-state index in [1.165, 1.54) is 0 Å². The van der Waals surface area contributed by atoms with E-state index in [0.717, 1.165) is 19.4 Å². The van der Waals surface area contributed by atoms with E-state index in [0.29, 0.717) is 25.4 Å². The zero-order valence-corrected chi connectivity index (χ0v) is 11.1. The number of rotatable bonds is 6. The summed E-state index contributed by atoms with van der Waals surface area (Å²) in [5.74, 6) is 0. The fourth-order valence-corrected chi connectivity index (χ4v) is 1.92. The number of amides is 2. The van der Waals surface area contributed by atoms with Gasteiger partial charge in [-0.3, -0.25) is 4.68 Å². The van der Waals surface area contributed by atoms with Gasteiger partial charge in [-0.15, -0.1) is 0 Å². The van der Waals surface area contributed by atoms with Gasteiger partial charge in [-0.1, -0.05) is 0 Å². The van der Waals surface area contributed by atoms with Crippen LogP contribution in [-0.2, 0) is 16.0 Å². The molecule has 0 unspecified atom stereocenters. The zero-order chi connectivity index (χ0) is 13.5. The highest BCUT2D eigenvalue weighted by Gasteiger charge is 2.16. The van der Waals surface area contributed by atoms with Crippen molar-refractivity contribution in [1.82, 2.24) is 15.1 Å². The maximum absolute atomic E-state index is 11.7. The van der Waals surface area contributed by atoms with Gasteiger partial charge >= 0.3 is 6.03 Å². The summed E-state index contributed by atoms with van der Waals surface area (Å²) < 4.78 is 12.1. The molecule has 0 aromatic carbocycles. The first-order valence-electron chi connectivity index (χ1n) is 6.46. The SMILES string of the molecule is COCCn1cc(NC(=O)NC[C@H]2CCCO2)cn1. The summed E-state index contributed by atoms with van der Waals surface area (Å²) in [6.45, 7) is 2.59. The number of nitrogens with zero attached hydrogens (tertiary/aromatic N) is 2. The van der Waals surface area contributed by atoms with Crippen molar-refractivity contribution in [1.29, 1.82) is 0 Å². The molecule has 2 N–H and O–H groups in total. The lowest BCUT2D eigenvalue weighted by Gasteiger charge is -2.10. The fraction of sp³-hybridized carbons (Fsp3) is 0.667. The van der Waals surface area contributed by atoms with E-state index in [4.69, 9.17) is 9.47 Å². The van der Waals surface area contributed by atoms with Gasteiger partial charge in [0.05, 0.1) is 31.1 Å². The van der Waals surface area contributed by atoms with Gasteiger partial charge < -0.3 is 20.1 Å². The molecule has 1 saturated heterocycles. The molecular formula is C12H20N4O3. The third kappa shape index (κ3) is 4.53. The number of urea groups is 1. The highest BCUT2D eigenvalue weighted by molar-refractivity contribution is 5.88. The van der Waals surface area contributed by atoms with Crippen molar-refractivity contribution in [2.75, 3.05) is 32.2 Å². The highest BCUT2D eigenvalue weighted by atomic mass is 16.5. The molecule has 7 nitrogen and oxygen atoms in total. The second-order valence-corrected chi connectivity index (χ2v) is 4.45. The van der Waals surface area contributed by atoms with Crippen LogP contribution in [0.4, 0.5) is 10.5 Å². The van der Waals surface area contributed by atoms with Crippen LogP contribution in [0.25, 0.3) is 0 Å². The topological polar surface area (TPSA) is 77.4 Å². The molecule has 0 radical (unpaired) electrons. The van der Waals surface area contributed by atoms with E-state index in [2.05, 4.69) is 15.7 Å². The first kappa shape index (κ1) is 13.8. The molecule has 0 aliphatic carbocycles. The van der Waals surface area contributed by atoms with Crippen LogP contribution in [0.1, 0.15) is 12.8 Å². The summed E-state index contributed by atoms with van der Waals surface area (Å²) >= 11 is 0. The first-order chi connectivity index (χ1) is 9.28. The van der Waals surface area contributed by atoms with Crippen LogP contribution in [0.5, 0.6) is 0 Å². The van der Waals surface area contributed by atoms with E-state index in [1.54, 1.807) is 24.2 Å². The molecule has 0 spiro atoms. The van der Waals surface area contributed by atoms with Crippen molar-refractivity contribution in [3.05, 3.63) is 12.4 Å². The van der Waals surface area contributed by atoms with E-state index in [9.17, 15) is 4.79 Å². The molecule has 1 aliphatic heterocycles. The highest BCUT2D eigenvalue weighted by Crippen LogP contribution is 2.10. The van der Waals surface area contributed by atoms with Gasteiger partial charge in [-0.2, -0.15) is 5.10 Å². The summed E-state index contributed by atoms with van der Waals surface area (Å²) in [7, 11) is 1.64. The van der Waals surface area contributed by atoms with Gasteiger partial charge in [0.2, 0.25) is 0 Å². The third-order valence-electron chi connectivity index (χ3n) is 2.93. The van der Waals surface area contributed by atoms with Gasteiger partial charge in [0, 0.05) is 26.5 Å². The zero-order valence-electron chi connectivity index (χ0n) is 11.1. The predicted molar refractivity (Wildman–Crippen MR) is 70.1 cm³/mol. The van der Waals surface area contributed by atoms with E-state index >= 15 is 0 Å². The molecule has 2 rings (SSSR count). The van der Waals surface area contributed by atoms with Crippen LogP contribution in [0.15, 0.2) is 12.4 Å². The summed E-state index contributed by atoms with van der Waals surface area (Å²) in [4.78, 5) is 11.7. The van der Waals surface area contributed by atoms with E-state index in [-0.39, 0.29) is 12.1 Å². The molecule has 1 aromatic heterocycles. The Morgan fingerprint density at radius 2 is 2.58 bits per heavy atom. The number of carbonyl (C=O) groups excluding carboxylic acids is 1. The third-order valence-corrected chi connectivity index (χ3v) is 2.93. The summed E-state index contributed by atoms with van der Waals surface area (Å²) in [6, 6.07) is -0.234. The molecule has 1 fully saturated rings. The average Bonchev–Trinajstić information content (AvgIpc) is 3.05. The number of hydrogen-bond donors (Lipinski definition) is 2. The number of anilines is 1. The van der Waals surface area contributed by atoms with Gasteiger partial charge in [-0.05, 0) is 12.8 Å². The Morgan fingerprint density at radius 1 is 1.68 bits per heavy atom. The number of methoxy groups -OCH3 is 1. The Kier molecular flexibility index (Phi) is 5.17. The second-order valence-electron chi connectivity index (χ2n) is 4.45. The first-order valence-corrected chi connectivity index (χ1v) is 6.46. The molecular weight excluding hydrogens is 248 g/mol. The van der Waals surface area contributed by atoms with Gasteiger partial charge in [0.25, 0.3) is 0 Å². The lowest BCUT2D eigenvalue weighted by Crippen LogP contribution is -2.34. The summed E-state index contributed by atoms with van der Waals surface area (Å²) in [5.41, 5.74) is 0.668. The minimum absolute atomic E-state index is 0.148.